The molecule has 284 valence electrons. The Balaban J connectivity index is 1.00. The molecule has 9 aromatic rings. The number of rotatable bonds is 7. The molecule has 0 amide bonds. The van der Waals surface area contributed by atoms with E-state index < -0.39 is 0 Å². The van der Waals surface area contributed by atoms with Crippen molar-refractivity contribution < 1.29 is 0 Å². The van der Waals surface area contributed by atoms with Gasteiger partial charge in [-0.2, -0.15) is 0 Å². The van der Waals surface area contributed by atoms with Gasteiger partial charge in [-0.15, -0.1) is 0 Å². The fourth-order valence-electron chi connectivity index (χ4n) is 10.2. The lowest BCUT2D eigenvalue weighted by atomic mass is 9.79. The van der Waals surface area contributed by atoms with Crippen LogP contribution in [0, 0.1) is 0 Å². The van der Waals surface area contributed by atoms with Crippen LogP contribution in [0.1, 0.15) is 72.6 Å². The number of hydrogen-bond donors (Lipinski definition) is 0. The summed E-state index contributed by atoms with van der Waals surface area (Å²) in [6.07, 6.45) is 0.907. The molecule has 0 bridgehead atoms. The van der Waals surface area contributed by atoms with Crippen molar-refractivity contribution in [1.82, 2.24) is 4.57 Å². The first-order chi connectivity index (χ1) is 28.8. The molecule has 1 unspecified atom stereocenters. The zero-order valence-electron chi connectivity index (χ0n) is 34.1. The molecule has 1 aliphatic heterocycles. The van der Waals surface area contributed by atoms with Gasteiger partial charge in [0.05, 0.1) is 22.4 Å². The maximum Gasteiger partial charge on any atom is 0.0682 e. The molecule has 8 aromatic carbocycles. The lowest BCUT2D eigenvalue weighted by Crippen LogP contribution is -2.26. The van der Waals surface area contributed by atoms with Gasteiger partial charge in [0.25, 0.3) is 0 Å². The maximum absolute atomic E-state index is 5.28. The first-order valence-corrected chi connectivity index (χ1v) is 21.0. The van der Waals surface area contributed by atoms with Crippen molar-refractivity contribution in [2.75, 3.05) is 0 Å². The summed E-state index contributed by atoms with van der Waals surface area (Å²) in [6.45, 7) is 9.37. The highest BCUT2D eigenvalue weighted by Crippen LogP contribution is 2.50. The molecule has 0 spiro atoms. The Morgan fingerprint density at radius 3 is 1.81 bits per heavy atom. The largest absolute Gasteiger partial charge is 0.309 e. The highest BCUT2D eigenvalue weighted by molar-refractivity contribution is 6.16. The van der Waals surface area contributed by atoms with Crippen molar-refractivity contribution in [1.29, 1.82) is 0 Å². The van der Waals surface area contributed by atoms with Crippen LogP contribution >= 0.6 is 0 Å². The predicted molar refractivity (Wildman–Crippen MR) is 248 cm³/mol. The number of aliphatic imine (C=N–C) groups is 1. The van der Waals surface area contributed by atoms with Gasteiger partial charge in [0, 0.05) is 33.2 Å². The number of aromatic nitrogens is 1. The average Bonchev–Trinajstić information content (AvgIpc) is 3.83. The van der Waals surface area contributed by atoms with E-state index in [2.05, 4.69) is 220 Å². The summed E-state index contributed by atoms with van der Waals surface area (Å²) in [7, 11) is 0. The Kier molecular flexibility index (Phi) is 8.04. The summed E-state index contributed by atoms with van der Waals surface area (Å²) in [5.41, 5.74) is 20.0. The molecule has 2 heterocycles. The van der Waals surface area contributed by atoms with Crippen LogP contribution < -0.4 is 0 Å². The van der Waals surface area contributed by atoms with Crippen LogP contribution in [-0.2, 0) is 17.3 Å². The third-order valence-electron chi connectivity index (χ3n) is 13.4. The molecular formula is C57H46N2. The van der Waals surface area contributed by atoms with Crippen LogP contribution in [0.2, 0.25) is 0 Å². The van der Waals surface area contributed by atoms with Gasteiger partial charge in [-0.05, 0) is 98.0 Å². The van der Waals surface area contributed by atoms with E-state index in [9.17, 15) is 0 Å². The average molecular weight is 759 g/mol. The van der Waals surface area contributed by atoms with Crippen molar-refractivity contribution in [2.45, 2.75) is 50.9 Å². The first-order valence-electron chi connectivity index (χ1n) is 21.0. The standard InChI is InChI=1S/C57H46N2/c1-56(2)49-21-13-11-19-44(49)45-32-23-37(34-50(45)56)33-47(40-26-24-39(25-27-40)38-15-7-5-8-16-38)41-28-30-43(31-29-41)59-53-22-14-12-20-46(53)48-35-52-51(36-54(48)59)57(3,4)55(58-52)42-17-9-6-10-18-42/h5-32,34-36,47H,33H2,1-4H3. The zero-order chi connectivity index (χ0) is 39.9. The minimum absolute atomic E-state index is 0.0384. The second-order valence-electron chi connectivity index (χ2n) is 17.6. The van der Waals surface area contributed by atoms with Crippen LogP contribution in [0.15, 0.2) is 193 Å². The van der Waals surface area contributed by atoms with Gasteiger partial charge in [0.1, 0.15) is 0 Å². The Bertz CT molecular complexity index is 3090. The molecule has 2 nitrogen and oxygen atoms in total. The second-order valence-corrected chi connectivity index (χ2v) is 17.6. The van der Waals surface area contributed by atoms with Gasteiger partial charge in [0.2, 0.25) is 0 Å². The maximum atomic E-state index is 5.28. The quantitative estimate of drug-likeness (QED) is 0.154. The third-order valence-corrected chi connectivity index (χ3v) is 13.4. The SMILES string of the molecule is CC1(C)C(c2ccccc2)=Nc2cc3c4ccccc4n(-c4ccc(C(Cc5ccc6c(c5)C(C)(C)c5ccccc5-6)c5ccc(-c6ccccc6)cc5)cc4)c3cc21. The zero-order valence-corrected chi connectivity index (χ0v) is 34.1. The van der Waals surface area contributed by atoms with Gasteiger partial charge >= 0.3 is 0 Å². The highest BCUT2D eigenvalue weighted by atomic mass is 15.0. The summed E-state index contributed by atoms with van der Waals surface area (Å²) in [5, 5.41) is 2.48. The molecule has 1 atom stereocenters. The van der Waals surface area contributed by atoms with Crippen molar-refractivity contribution in [3.05, 3.63) is 227 Å². The molecule has 2 aliphatic rings. The Hall–Kier alpha value is -6.77. The van der Waals surface area contributed by atoms with Crippen LogP contribution in [0.5, 0.6) is 0 Å². The number of para-hydroxylation sites is 1. The number of fused-ring (bicyclic) bond motifs is 7. The van der Waals surface area contributed by atoms with Gasteiger partial charge in [0.15, 0.2) is 0 Å². The van der Waals surface area contributed by atoms with Crippen molar-refractivity contribution in [2.24, 2.45) is 4.99 Å². The van der Waals surface area contributed by atoms with Crippen molar-refractivity contribution in [3.63, 3.8) is 0 Å². The van der Waals surface area contributed by atoms with E-state index in [1.807, 2.05) is 0 Å². The van der Waals surface area contributed by atoms with Gasteiger partial charge in [-0.25, -0.2) is 0 Å². The van der Waals surface area contributed by atoms with E-state index in [0.29, 0.717) is 0 Å². The summed E-state index contributed by atoms with van der Waals surface area (Å²) in [6, 6.07) is 69.7. The predicted octanol–water partition coefficient (Wildman–Crippen LogP) is 14.5. The smallest absolute Gasteiger partial charge is 0.0682 e. The molecule has 0 N–H and O–H groups in total. The fourth-order valence-corrected chi connectivity index (χ4v) is 10.2. The second kappa shape index (κ2) is 13.4. The lowest BCUT2D eigenvalue weighted by molar-refractivity contribution is 0.658. The van der Waals surface area contributed by atoms with Crippen LogP contribution in [-0.4, -0.2) is 10.3 Å². The van der Waals surface area contributed by atoms with Crippen LogP contribution in [0.4, 0.5) is 5.69 Å². The van der Waals surface area contributed by atoms with E-state index in [1.165, 1.54) is 83.0 Å². The Labute approximate surface area is 347 Å². The molecule has 0 fully saturated rings. The van der Waals surface area contributed by atoms with Crippen molar-refractivity contribution in [3.8, 4) is 27.9 Å². The number of nitrogens with zero attached hydrogens (tertiary/aromatic N) is 2. The normalized spacial score (nSPS) is 15.2. The molecule has 0 radical (unpaired) electrons. The van der Waals surface area contributed by atoms with E-state index in [1.54, 1.807) is 0 Å². The van der Waals surface area contributed by atoms with Gasteiger partial charge < -0.3 is 4.57 Å². The molecular weight excluding hydrogens is 713 g/mol. The molecule has 11 rings (SSSR count). The number of benzene rings is 8. The van der Waals surface area contributed by atoms with Gasteiger partial charge in [-0.3, -0.25) is 4.99 Å². The monoisotopic (exact) mass is 758 g/mol. The first kappa shape index (κ1) is 35.4. The Morgan fingerprint density at radius 2 is 1.07 bits per heavy atom. The van der Waals surface area contributed by atoms with E-state index >= 15 is 0 Å². The third kappa shape index (κ3) is 5.65. The van der Waals surface area contributed by atoms with Crippen molar-refractivity contribution >= 4 is 33.2 Å². The number of hydrogen-bond acceptors (Lipinski definition) is 1. The minimum atomic E-state index is -0.227. The Morgan fingerprint density at radius 1 is 0.458 bits per heavy atom. The topological polar surface area (TPSA) is 17.3 Å². The molecule has 2 heteroatoms. The highest BCUT2D eigenvalue weighted by Gasteiger charge is 2.37. The van der Waals surface area contributed by atoms with Gasteiger partial charge in [-0.1, -0.05) is 185 Å². The summed E-state index contributed by atoms with van der Waals surface area (Å²) >= 11 is 0. The van der Waals surface area contributed by atoms with E-state index in [-0.39, 0.29) is 16.7 Å². The summed E-state index contributed by atoms with van der Waals surface area (Å²) in [4.78, 5) is 5.28. The summed E-state index contributed by atoms with van der Waals surface area (Å²) in [5.74, 6) is 0.176. The fraction of sp³-hybridized carbons (Fsp3) is 0.140. The van der Waals surface area contributed by atoms with Crippen LogP contribution in [0.3, 0.4) is 0 Å². The van der Waals surface area contributed by atoms with Crippen LogP contribution in [0.25, 0.3) is 49.7 Å². The lowest BCUT2D eigenvalue weighted by Gasteiger charge is -2.24. The summed E-state index contributed by atoms with van der Waals surface area (Å²) < 4.78 is 2.45. The molecule has 59 heavy (non-hydrogen) atoms. The molecule has 0 saturated carbocycles. The molecule has 0 saturated heterocycles. The van der Waals surface area contributed by atoms with E-state index in [0.717, 1.165) is 23.5 Å². The van der Waals surface area contributed by atoms with E-state index in [4.69, 9.17) is 4.99 Å². The molecule has 1 aliphatic carbocycles. The molecule has 1 aromatic heterocycles. The minimum Gasteiger partial charge on any atom is -0.309 e.